The summed E-state index contributed by atoms with van der Waals surface area (Å²) in [6.07, 6.45) is 8.15. The summed E-state index contributed by atoms with van der Waals surface area (Å²) in [6, 6.07) is 0. The van der Waals surface area contributed by atoms with Crippen molar-refractivity contribution in [3.63, 3.8) is 0 Å². The minimum absolute atomic E-state index is 1.00. The molecule has 0 atom stereocenters. The summed E-state index contributed by atoms with van der Waals surface area (Å²) in [5.74, 6) is 0. The summed E-state index contributed by atoms with van der Waals surface area (Å²) in [5, 5.41) is 7.00. The van der Waals surface area contributed by atoms with E-state index < -0.39 is 0 Å². The smallest absolute Gasteiger partial charge is 0.0319 e. The number of aliphatic hydroxyl groups is 1. The summed E-state index contributed by atoms with van der Waals surface area (Å²) in [7, 11) is 1.00. The van der Waals surface area contributed by atoms with Crippen molar-refractivity contribution >= 4 is 0 Å². The normalized spacial score (nSPS) is 6.86. The Morgan fingerprint density at radius 2 is 0.714 bits per heavy atom. The van der Waals surface area contributed by atoms with Crippen LogP contribution in [0.25, 0.3) is 0 Å². The molecule has 0 radical (unpaired) electrons. The maximum Gasteiger partial charge on any atom is 0.0319 e. The van der Waals surface area contributed by atoms with E-state index in [1.807, 2.05) is 13.8 Å². The Kier molecular flexibility index (Phi) is 88.1. The molecule has 0 saturated heterocycles. The maximum absolute atomic E-state index is 7.00. The van der Waals surface area contributed by atoms with E-state index in [1.54, 1.807) is 0 Å². The molecular formula is C13H34O. The molecule has 0 amide bonds. The van der Waals surface area contributed by atoms with Gasteiger partial charge in [0, 0.05) is 7.11 Å². The van der Waals surface area contributed by atoms with Crippen LogP contribution in [0.1, 0.15) is 80.1 Å². The second-order valence-corrected chi connectivity index (χ2v) is 2.71. The van der Waals surface area contributed by atoms with Gasteiger partial charge in [-0.15, -0.1) is 0 Å². The molecule has 0 aliphatic heterocycles. The fourth-order valence-electron chi connectivity index (χ4n) is 0.707. The predicted octanol–water partition coefficient (Wildman–Crippen LogP) is 5.03. The van der Waals surface area contributed by atoms with Gasteiger partial charge in [-0.05, 0) is 0 Å². The van der Waals surface area contributed by atoms with Gasteiger partial charge in [-0.3, -0.25) is 0 Å². The van der Waals surface area contributed by atoms with Crippen molar-refractivity contribution < 1.29 is 5.11 Å². The Morgan fingerprint density at radius 3 is 0.714 bits per heavy atom. The van der Waals surface area contributed by atoms with Gasteiger partial charge < -0.3 is 5.11 Å². The average Bonchev–Trinajstić information content (AvgIpc) is 2.27. The van der Waals surface area contributed by atoms with Crippen molar-refractivity contribution in [1.29, 1.82) is 0 Å². The SMILES string of the molecule is CC.CCCCC.CCCCC.CO. The molecule has 1 nitrogen and oxygen atoms in total. The number of hydrogen-bond acceptors (Lipinski definition) is 1. The molecular weight excluding hydrogens is 172 g/mol. The van der Waals surface area contributed by atoms with E-state index >= 15 is 0 Å². The van der Waals surface area contributed by atoms with Crippen molar-refractivity contribution in [2.24, 2.45) is 0 Å². The van der Waals surface area contributed by atoms with Gasteiger partial charge in [-0.25, -0.2) is 0 Å². The molecule has 0 heterocycles. The van der Waals surface area contributed by atoms with E-state index in [2.05, 4.69) is 27.7 Å². The van der Waals surface area contributed by atoms with Gasteiger partial charge in [0.15, 0.2) is 0 Å². The van der Waals surface area contributed by atoms with E-state index in [4.69, 9.17) is 5.11 Å². The second-order valence-electron chi connectivity index (χ2n) is 2.71. The summed E-state index contributed by atoms with van der Waals surface area (Å²) in [4.78, 5) is 0. The van der Waals surface area contributed by atoms with Crippen LogP contribution in [-0.4, -0.2) is 12.2 Å². The van der Waals surface area contributed by atoms with Crippen LogP contribution in [-0.2, 0) is 0 Å². The second kappa shape index (κ2) is 52.2. The molecule has 0 fully saturated rings. The van der Waals surface area contributed by atoms with Crippen LogP contribution >= 0.6 is 0 Å². The lowest BCUT2D eigenvalue weighted by Gasteiger charge is -1.79. The molecule has 0 bridgehead atoms. The maximum atomic E-state index is 7.00. The first kappa shape index (κ1) is 23.6. The first-order valence-corrected chi connectivity index (χ1v) is 6.28. The molecule has 0 aromatic carbocycles. The molecule has 0 aromatic heterocycles. The highest BCUT2D eigenvalue weighted by Crippen LogP contribution is 1.88. The van der Waals surface area contributed by atoms with E-state index in [1.165, 1.54) is 38.5 Å². The van der Waals surface area contributed by atoms with Gasteiger partial charge in [-0.1, -0.05) is 80.1 Å². The van der Waals surface area contributed by atoms with Crippen LogP contribution in [0, 0.1) is 0 Å². The monoisotopic (exact) mass is 206 g/mol. The van der Waals surface area contributed by atoms with Crippen molar-refractivity contribution in [1.82, 2.24) is 0 Å². The Bertz CT molecular complexity index is 26.2. The largest absolute Gasteiger partial charge is 0.400 e. The zero-order valence-corrected chi connectivity index (χ0v) is 11.7. The van der Waals surface area contributed by atoms with Crippen LogP contribution in [0.15, 0.2) is 0 Å². The molecule has 0 spiro atoms. The lowest BCUT2D eigenvalue weighted by molar-refractivity contribution is 0.399. The van der Waals surface area contributed by atoms with Crippen LogP contribution in [0.5, 0.6) is 0 Å². The molecule has 0 aliphatic rings. The molecule has 0 rings (SSSR count). The molecule has 0 aliphatic carbocycles. The quantitative estimate of drug-likeness (QED) is 0.684. The Balaban J connectivity index is -0.0000000528. The standard InChI is InChI=1S/2C5H12.C2H6.CH4O/c2*1-3-5-4-2;2*1-2/h2*3-5H2,1-2H3;1-2H3;2H,1H3. The lowest BCUT2D eigenvalue weighted by Crippen LogP contribution is -1.59. The molecule has 14 heavy (non-hydrogen) atoms. The fourth-order valence-corrected chi connectivity index (χ4v) is 0.707. The van der Waals surface area contributed by atoms with E-state index in [-0.39, 0.29) is 0 Å². The molecule has 0 unspecified atom stereocenters. The highest BCUT2D eigenvalue weighted by atomic mass is 16.2. The molecule has 1 heteroatoms. The third-order valence-electron chi connectivity index (χ3n) is 1.41. The Morgan fingerprint density at radius 1 is 0.571 bits per heavy atom. The first-order valence-electron chi connectivity index (χ1n) is 6.28. The minimum Gasteiger partial charge on any atom is -0.400 e. The number of unbranched alkanes of at least 4 members (excludes halogenated alkanes) is 4. The highest BCUT2D eigenvalue weighted by Gasteiger charge is 1.68. The van der Waals surface area contributed by atoms with Crippen LogP contribution in [0.4, 0.5) is 0 Å². The van der Waals surface area contributed by atoms with Crippen LogP contribution in [0.3, 0.4) is 0 Å². The van der Waals surface area contributed by atoms with Gasteiger partial charge in [-0.2, -0.15) is 0 Å². The Labute approximate surface area is 92.9 Å². The molecule has 1 N–H and O–H groups in total. The van der Waals surface area contributed by atoms with Gasteiger partial charge >= 0.3 is 0 Å². The third kappa shape index (κ3) is 91.6. The first-order chi connectivity index (χ1) is 6.83. The summed E-state index contributed by atoms with van der Waals surface area (Å²) in [5.41, 5.74) is 0. The van der Waals surface area contributed by atoms with Gasteiger partial charge in [0.05, 0.1) is 0 Å². The van der Waals surface area contributed by atoms with E-state index in [0.717, 1.165) is 7.11 Å². The summed E-state index contributed by atoms with van der Waals surface area (Å²) < 4.78 is 0. The molecule has 92 valence electrons. The summed E-state index contributed by atoms with van der Waals surface area (Å²) in [6.45, 7) is 12.8. The topological polar surface area (TPSA) is 20.2 Å². The van der Waals surface area contributed by atoms with Crippen LogP contribution < -0.4 is 0 Å². The van der Waals surface area contributed by atoms with Gasteiger partial charge in [0.2, 0.25) is 0 Å². The average molecular weight is 206 g/mol. The minimum atomic E-state index is 1.00. The number of aliphatic hydroxyl groups excluding tert-OH is 1. The van der Waals surface area contributed by atoms with Crippen molar-refractivity contribution in [3.8, 4) is 0 Å². The van der Waals surface area contributed by atoms with Crippen molar-refractivity contribution in [2.75, 3.05) is 7.11 Å². The zero-order valence-electron chi connectivity index (χ0n) is 11.7. The van der Waals surface area contributed by atoms with Gasteiger partial charge in [0.1, 0.15) is 0 Å². The van der Waals surface area contributed by atoms with Crippen LogP contribution in [0.2, 0.25) is 0 Å². The fraction of sp³-hybridized carbons (Fsp3) is 1.00. The van der Waals surface area contributed by atoms with Crippen molar-refractivity contribution in [2.45, 2.75) is 80.1 Å². The van der Waals surface area contributed by atoms with Gasteiger partial charge in [0.25, 0.3) is 0 Å². The lowest BCUT2D eigenvalue weighted by atomic mass is 10.3. The Hall–Kier alpha value is -0.0400. The number of rotatable bonds is 4. The molecule has 0 saturated carbocycles. The summed E-state index contributed by atoms with van der Waals surface area (Å²) >= 11 is 0. The zero-order chi connectivity index (χ0) is 12.2. The molecule has 0 aromatic rings. The predicted molar refractivity (Wildman–Crippen MR) is 69.9 cm³/mol. The van der Waals surface area contributed by atoms with E-state index in [0.29, 0.717) is 0 Å². The van der Waals surface area contributed by atoms with Crippen molar-refractivity contribution in [3.05, 3.63) is 0 Å². The number of hydrogen-bond donors (Lipinski definition) is 1. The third-order valence-corrected chi connectivity index (χ3v) is 1.41. The highest BCUT2D eigenvalue weighted by molar-refractivity contribution is 4.24. The van der Waals surface area contributed by atoms with E-state index in [9.17, 15) is 0 Å².